The molecule has 1 saturated heterocycles. The number of nitrogens with zero attached hydrogens (tertiary/aromatic N) is 1. The maximum absolute atomic E-state index is 10.2. The van der Waals surface area contributed by atoms with Crippen LogP contribution in [-0.4, -0.2) is 57.8 Å². The van der Waals surface area contributed by atoms with Crippen LogP contribution >= 0.6 is 9.39 Å². The lowest BCUT2D eigenvalue weighted by Gasteiger charge is -2.46. The van der Waals surface area contributed by atoms with E-state index >= 15 is 0 Å². The number of aliphatic hydroxyl groups is 1. The molecule has 0 radical (unpaired) electrons. The monoisotopic (exact) mass is 217 g/mol. The Morgan fingerprint density at radius 2 is 2.25 bits per heavy atom. The molecule has 1 aliphatic rings. The summed E-state index contributed by atoms with van der Waals surface area (Å²) in [7, 11) is 2.79. The number of rotatable bonds is 2. The molecule has 5 heteroatoms. The second-order valence-corrected chi connectivity index (χ2v) is 10.8. The molecule has 0 bridgehead atoms. The Kier molecular flexibility index (Phi) is 3.72. The highest BCUT2D eigenvalue weighted by molar-refractivity contribution is 7.13. The molecule has 0 amide bonds. The summed E-state index contributed by atoms with van der Waals surface area (Å²) >= 11 is 1.81. The lowest BCUT2D eigenvalue weighted by Crippen LogP contribution is -2.59. The van der Waals surface area contributed by atoms with Gasteiger partial charge in [-0.3, -0.25) is 4.67 Å². The van der Waals surface area contributed by atoms with Crippen molar-refractivity contribution in [3.05, 3.63) is 0 Å². The van der Waals surface area contributed by atoms with E-state index in [9.17, 15) is 5.11 Å². The third-order valence-electron chi connectivity index (χ3n) is 3.26. The van der Waals surface area contributed by atoms with E-state index in [4.69, 9.17) is 0 Å². The topological polar surface area (TPSA) is 23.5 Å². The van der Waals surface area contributed by atoms with Crippen molar-refractivity contribution in [3.8, 4) is 0 Å². The molecule has 0 aliphatic carbocycles. The van der Waals surface area contributed by atoms with Crippen LogP contribution in [0.2, 0.25) is 0 Å². The van der Waals surface area contributed by atoms with Gasteiger partial charge in [-0.1, -0.05) is 16.3 Å². The Bertz CT molecular complexity index is 173. The first-order valence-corrected chi connectivity index (χ1v) is 7.20. The summed E-state index contributed by atoms with van der Waals surface area (Å²) in [6.45, 7) is 3.33. The maximum Gasteiger partial charge on any atom is 0.242 e. The van der Waals surface area contributed by atoms with Gasteiger partial charge in [0.05, 0.1) is 0 Å². The van der Waals surface area contributed by atoms with Crippen molar-refractivity contribution in [1.29, 1.82) is 0 Å². The zero-order valence-corrected chi connectivity index (χ0v) is 13.5. The van der Waals surface area contributed by atoms with Crippen LogP contribution in [0.3, 0.4) is 0 Å². The second kappa shape index (κ2) is 3.88. The van der Waals surface area contributed by atoms with E-state index < -0.39 is 0 Å². The van der Waals surface area contributed by atoms with Crippen LogP contribution in [0.1, 0.15) is 26.2 Å². The Labute approximate surface area is 93.2 Å². The van der Waals surface area contributed by atoms with Gasteiger partial charge in [0.2, 0.25) is 32.6 Å². The van der Waals surface area contributed by atoms with Crippen LogP contribution < -0.4 is 0 Å². The molecule has 12 heavy (non-hydrogen) atoms. The van der Waals surface area contributed by atoms with E-state index in [0.717, 1.165) is 45.5 Å². The Hall–Kier alpha value is 1.41. The van der Waals surface area contributed by atoms with Gasteiger partial charge in [-0.15, -0.1) is 0 Å². The molecule has 1 aliphatic heterocycles. The highest BCUT2D eigenvalue weighted by Gasteiger charge is 2.47. The molecule has 1 N–H and O–H groups in total. The second-order valence-electron chi connectivity index (χ2n) is 4.24. The van der Waals surface area contributed by atoms with E-state index in [1.54, 1.807) is 0 Å². The van der Waals surface area contributed by atoms with Crippen LogP contribution in [0, 0.1) is 0 Å². The van der Waals surface area contributed by atoms with Crippen molar-refractivity contribution in [2.75, 3.05) is 6.54 Å². The van der Waals surface area contributed by atoms with Crippen molar-refractivity contribution < 1.29 is 5.11 Å². The molecule has 2 unspecified atom stereocenters. The molecule has 1 heterocycles. The summed E-state index contributed by atoms with van der Waals surface area (Å²) in [5, 5.41) is 10.2. The summed E-state index contributed by atoms with van der Waals surface area (Å²) in [5.41, 5.74) is 0.107. The summed E-state index contributed by atoms with van der Waals surface area (Å²) in [6.07, 6.45) is 3.50. The summed E-state index contributed by atoms with van der Waals surface area (Å²) in [6, 6.07) is 0. The van der Waals surface area contributed by atoms with Crippen LogP contribution in [0.15, 0.2) is 0 Å². The largest absolute Gasteiger partial charge is 0.419 e. The smallest absolute Gasteiger partial charge is 0.242 e. The number of hydrogen-bond donors (Lipinski definition) is 1. The minimum absolute atomic E-state index is 0.107. The zero-order valence-electron chi connectivity index (χ0n) is 8.30. The van der Waals surface area contributed by atoms with Crippen molar-refractivity contribution >= 4 is 42.0 Å². The Morgan fingerprint density at radius 3 is 2.42 bits per heavy atom. The van der Waals surface area contributed by atoms with Gasteiger partial charge in [0.15, 0.2) is 0 Å². The predicted octanol–water partition coefficient (Wildman–Crippen LogP) is -1.07. The first-order chi connectivity index (χ1) is 5.44. The van der Waals surface area contributed by atoms with E-state index in [1.807, 2.05) is 0 Å². The number of hydrogen-bond acceptors (Lipinski definition) is 2. The van der Waals surface area contributed by atoms with Crippen molar-refractivity contribution in [3.63, 3.8) is 0 Å². The minimum atomic E-state index is -0.319. The van der Waals surface area contributed by atoms with Crippen LogP contribution in [0.25, 0.3) is 0 Å². The van der Waals surface area contributed by atoms with Crippen LogP contribution in [0.4, 0.5) is 0 Å². The summed E-state index contributed by atoms with van der Waals surface area (Å²) in [5.74, 6) is 0. The molecular formula is C7H18Al2NOP. The molecular weight excluding hydrogens is 199 g/mol. The summed E-state index contributed by atoms with van der Waals surface area (Å²) in [4.78, 5) is 0. The van der Waals surface area contributed by atoms with E-state index in [0.29, 0.717) is 0 Å². The van der Waals surface area contributed by atoms with Crippen molar-refractivity contribution in [2.45, 2.75) is 35.1 Å². The van der Waals surface area contributed by atoms with Gasteiger partial charge in [-0.05, 0) is 22.6 Å². The molecule has 1 rings (SSSR count). The van der Waals surface area contributed by atoms with Gasteiger partial charge in [0.25, 0.3) is 0 Å². The van der Waals surface area contributed by atoms with Gasteiger partial charge < -0.3 is 5.11 Å². The zero-order chi connectivity index (χ0) is 9.41. The van der Waals surface area contributed by atoms with Crippen LogP contribution in [0.5, 0.6) is 0 Å². The third-order valence-corrected chi connectivity index (χ3v) is 5.88. The van der Waals surface area contributed by atoms with Crippen LogP contribution in [-0.2, 0) is 0 Å². The van der Waals surface area contributed by atoms with Gasteiger partial charge >= 0.3 is 0 Å². The van der Waals surface area contributed by atoms with Gasteiger partial charge in [0, 0.05) is 12.1 Å². The Balaban J connectivity index is 2.89. The molecule has 1 fully saturated rings. The average molecular weight is 217 g/mol. The molecule has 0 spiro atoms. The lowest BCUT2D eigenvalue weighted by atomic mass is 9.94. The molecule has 0 saturated carbocycles. The third kappa shape index (κ3) is 1.77. The molecule has 0 aromatic heterocycles. The fraction of sp³-hybridized carbons (Fsp3) is 1.00. The van der Waals surface area contributed by atoms with E-state index in [1.165, 1.54) is 12.8 Å². The van der Waals surface area contributed by atoms with Crippen molar-refractivity contribution in [2.24, 2.45) is 0 Å². The average Bonchev–Trinajstić information content (AvgIpc) is 2.30. The van der Waals surface area contributed by atoms with Gasteiger partial charge in [-0.25, -0.2) is 0 Å². The van der Waals surface area contributed by atoms with E-state index in [2.05, 4.69) is 21.0 Å². The van der Waals surface area contributed by atoms with E-state index in [-0.39, 0.29) is 8.86 Å². The van der Waals surface area contributed by atoms with Gasteiger partial charge in [-0.2, -0.15) is 0 Å². The highest BCUT2D eigenvalue weighted by atomic mass is 31.0. The standard InChI is InChI=1S/C7H14NOP.2Al.4H/c1-2-7(6-9)4-3-5-8(7)10;;;;;;/h9H,2-5,10H2,1H3;;;;;;. The first kappa shape index (κ1) is 11.5. The quantitative estimate of drug-likeness (QED) is 0.470. The summed E-state index contributed by atoms with van der Waals surface area (Å²) < 4.78 is 1.98. The van der Waals surface area contributed by atoms with Crippen molar-refractivity contribution in [1.82, 2.24) is 4.67 Å². The molecule has 0 aromatic carbocycles. The molecule has 2 atom stereocenters. The predicted molar refractivity (Wildman–Crippen MR) is 60.7 cm³/mol. The fourth-order valence-corrected chi connectivity index (χ4v) is 5.48. The fourth-order valence-electron chi connectivity index (χ4n) is 2.37. The molecule has 0 aromatic rings. The Morgan fingerprint density at radius 1 is 1.67 bits per heavy atom. The maximum atomic E-state index is 10.2. The highest BCUT2D eigenvalue weighted by Crippen LogP contribution is 2.40. The van der Waals surface area contributed by atoms with Gasteiger partial charge in [0.1, 0.15) is 0 Å². The normalized spacial score (nSPS) is 32.6. The lowest BCUT2D eigenvalue weighted by molar-refractivity contribution is 0.0567. The molecule has 2 nitrogen and oxygen atoms in total. The molecule has 68 valence electrons. The SMILES string of the molecule is CCC1([C](O)([AlH2])[AlH2])CCCN1P. The first-order valence-electron chi connectivity index (χ1n) is 4.69. The minimum Gasteiger partial charge on any atom is -0.419 e.